The highest BCUT2D eigenvalue weighted by molar-refractivity contribution is 5.91. The first-order chi connectivity index (χ1) is 27.9. The fraction of sp³-hybridized carbons (Fsp3) is 0.342. The average Bonchev–Trinajstić information content (AvgIpc) is 3.55. The topological polar surface area (TPSA) is 258 Å². The maximum Gasteiger partial charge on any atom is 0.490 e. The molecule has 0 saturated carbocycles. The van der Waals surface area contributed by atoms with Gasteiger partial charge >= 0.3 is 36.2 Å². The molecule has 322 valence electrons. The molecule has 0 bridgehead atoms. The molecule has 22 heteroatoms. The Morgan fingerprint density at radius 3 is 2.08 bits per heavy atom. The van der Waals surface area contributed by atoms with Crippen LogP contribution in [0.4, 0.5) is 32.0 Å². The van der Waals surface area contributed by atoms with Gasteiger partial charge in [-0.2, -0.15) is 26.3 Å². The highest BCUT2D eigenvalue weighted by Gasteiger charge is 2.45. The first kappa shape index (κ1) is 46.1. The molecule has 0 aliphatic carbocycles. The van der Waals surface area contributed by atoms with Gasteiger partial charge in [0.1, 0.15) is 25.0 Å². The van der Waals surface area contributed by atoms with Crippen molar-refractivity contribution in [3.8, 4) is 17.1 Å². The van der Waals surface area contributed by atoms with E-state index in [1.54, 1.807) is 29.7 Å². The Labute approximate surface area is 334 Å². The Bertz CT molecular complexity index is 2360. The summed E-state index contributed by atoms with van der Waals surface area (Å²) >= 11 is 0. The van der Waals surface area contributed by atoms with Crippen molar-refractivity contribution in [2.24, 2.45) is 5.73 Å². The number of nitrogens with one attached hydrogen (secondary N) is 1. The number of carboxylic acid groups (broad SMARTS) is 3. The first-order valence-electron chi connectivity index (χ1n) is 17.7. The number of nitrogens with zero attached hydrogens (tertiary/aromatic N) is 2. The molecule has 0 fully saturated rings. The van der Waals surface area contributed by atoms with E-state index in [0.717, 1.165) is 27.6 Å². The van der Waals surface area contributed by atoms with E-state index in [1.165, 1.54) is 0 Å². The number of aromatic nitrogens is 2. The second kappa shape index (κ2) is 18.2. The van der Waals surface area contributed by atoms with Gasteiger partial charge in [-0.15, -0.1) is 0 Å². The number of ether oxygens (including phenoxy) is 2. The van der Waals surface area contributed by atoms with Crippen molar-refractivity contribution < 1.29 is 80.2 Å². The fourth-order valence-electron chi connectivity index (χ4n) is 6.12. The minimum atomic E-state index is -5.08. The predicted octanol–water partition coefficient (Wildman–Crippen LogP) is 4.62. The molecule has 2 aromatic carbocycles. The zero-order valence-corrected chi connectivity index (χ0v) is 31.4. The minimum absolute atomic E-state index is 0.00118. The van der Waals surface area contributed by atoms with Crippen LogP contribution < -0.4 is 21.3 Å². The van der Waals surface area contributed by atoms with Crippen molar-refractivity contribution in [2.75, 3.05) is 5.32 Å². The number of anilines is 1. The third kappa shape index (κ3) is 10.4. The molecule has 4 aromatic rings. The van der Waals surface area contributed by atoms with E-state index >= 15 is 0 Å². The van der Waals surface area contributed by atoms with Crippen LogP contribution in [0.3, 0.4) is 0 Å². The number of fused-ring (bicyclic) bond motifs is 5. The van der Waals surface area contributed by atoms with Crippen LogP contribution in [0.1, 0.15) is 60.9 Å². The number of rotatable bonds is 10. The van der Waals surface area contributed by atoms with Crippen molar-refractivity contribution >= 4 is 46.4 Å². The summed E-state index contributed by atoms with van der Waals surface area (Å²) in [5.41, 5.74) is 9.23. The summed E-state index contributed by atoms with van der Waals surface area (Å²) < 4.78 is 76.4. The van der Waals surface area contributed by atoms with Crippen LogP contribution in [0.5, 0.6) is 5.75 Å². The molecule has 4 heterocycles. The summed E-state index contributed by atoms with van der Waals surface area (Å²) in [6, 6.07) is 13.4. The van der Waals surface area contributed by atoms with Crippen molar-refractivity contribution in [2.45, 2.75) is 83.3 Å². The lowest BCUT2D eigenvalue weighted by atomic mass is 9.86. The molecular formula is C38H36F6N4O12. The Morgan fingerprint density at radius 1 is 0.950 bits per heavy atom. The fourth-order valence-corrected chi connectivity index (χ4v) is 6.12. The number of carbonyl (C=O) groups is 5. The average molecular weight is 855 g/mol. The predicted molar refractivity (Wildman–Crippen MR) is 196 cm³/mol. The minimum Gasteiger partial charge on any atom is -0.489 e. The Morgan fingerprint density at radius 2 is 1.55 bits per heavy atom. The van der Waals surface area contributed by atoms with Crippen LogP contribution in [0.15, 0.2) is 53.3 Å². The van der Waals surface area contributed by atoms with Gasteiger partial charge in [-0.1, -0.05) is 26.0 Å². The highest BCUT2D eigenvalue weighted by atomic mass is 19.4. The van der Waals surface area contributed by atoms with Gasteiger partial charge in [-0.25, -0.2) is 19.4 Å². The number of aryl methyl sites for hydroxylation is 1. The molecule has 16 nitrogen and oxygen atoms in total. The number of esters is 1. The van der Waals surface area contributed by atoms with Crippen LogP contribution in [0, 0.1) is 0 Å². The molecule has 7 N–H and O–H groups in total. The second-order valence-corrected chi connectivity index (χ2v) is 13.2. The molecule has 2 aliphatic heterocycles. The van der Waals surface area contributed by atoms with Crippen LogP contribution in [0.2, 0.25) is 0 Å². The molecule has 0 radical (unpaired) electrons. The van der Waals surface area contributed by atoms with Gasteiger partial charge in [0.05, 0.1) is 29.0 Å². The van der Waals surface area contributed by atoms with Crippen molar-refractivity contribution in [3.63, 3.8) is 0 Å². The summed E-state index contributed by atoms with van der Waals surface area (Å²) in [4.78, 5) is 71.7. The molecular weight excluding hydrogens is 818 g/mol. The molecule has 1 amide bonds. The first-order valence-corrected chi connectivity index (χ1v) is 17.7. The van der Waals surface area contributed by atoms with Gasteiger partial charge in [-0.05, 0) is 66.8 Å². The standard InChI is InChI=1S/C34H34N4O8.2C2HF3O2/c1-3-21-22-13-20(45-16-18-5-7-19(8-6-18)36-29(39)12-10-26(35)32(41)42)9-11-27(22)37-30-23(21)15-38-28(30)14-25-24(31(38)40)17-46-33(43)34(25,44)4-2;2*3-2(4,5)1(6)7/h5-9,11,13-14,26,44H,3-4,10,12,15-17,35H2,1-2H3,(H,36,39)(H,41,42);2*(H,6,7)/t26-,34-;;/m0../s1. The van der Waals surface area contributed by atoms with Crippen LogP contribution in [0.25, 0.3) is 22.3 Å². The monoisotopic (exact) mass is 854 g/mol. The Balaban J connectivity index is 0.000000488. The van der Waals surface area contributed by atoms with Crippen molar-refractivity contribution in [1.29, 1.82) is 0 Å². The zero-order chi connectivity index (χ0) is 44.9. The number of hydrogen-bond donors (Lipinski definition) is 6. The number of carboxylic acids is 3. The Kier molecular flexibility index (Phi) is 14.0. The summed E-state index contributed by atoms with van der Waals surface area (Å²) in [5, 5.41) is 37.9. The molecule has 0 spiro atoms. The number of cyclic esters (lactones) is 1. The van der Waals surface area contributed by atoms with Crippen LogP contribution in [-0.2, 0) is 60.5 Å². The molecule has 2 aromatic heterocycles. The smallest absolute Gasteiger partial charge is 0.489 e. The van der Waals surface area contributed by atoms with Gasteiger partial charge in [0.15, 0.2) is 5.60 Å². The maximum absolute atomic E-state index is 13.6. The lowest BCUT2D eigenvalue weighted by Gasteiger charge is -2.31. The third-order valence-corrected chi connectivity index (χ3v) is 9.26. The quantitative estimate of drug-likeness (QED) is 0.0828. The van der Waals surface area contributed by atoms with E-state index in [2.05, 4.69) is 5.32 Å². The molecule has 2 atom stereocenters. The number of halogens is 6. The number of nitrogens with two attached hydrogens (primary N) is 1. The number of aliphatic carboxylic acids is 3. The summed E-state index contributed by atoms with van der Waals surface area (Å²) in [6.07, 6.45) is -9.36. The Hall–Kier alpha value is -6.55. The van der Waals surface area contributed by atoms with Gasteiger partial charge in [0.25, 0.3) is 5.56 Å². The maximum atomic E-state index is 13.6. The summed E-state index contributed by atoms with van der Waals surface area (Å²) in [6.45, 7) is 4.14. The number of amides is 1. The van der Waals surface area contributed by atoms with Crippen LogP contribution in [-0.4, -0.2) is 78.2 Å². The molecule has 0 saturated heterocycles. The number of pyridine rings is 2. The van der Waals surface area contributed by atoms with Gasteiger partial charge in [0.2, 0.25) is 5.91 Å². The van der Waals surface area contributed by atoms with Crippen LogP contribution >= 0.6 is 0 Å². The second-order valence-electron chi connectivity index (χ2n) is 13.2. The lowest BCUT2D eigenvalue weighted by molar-refractivity contribution is -0.193. The molecule has 0 unspecified atom stereocenters. The summed E-state index contributed by atoms with van der Waals surface area (Å²) in [5.74, 6) is -7.08. The van der Waals surface area contributed by atoms with Gasteiger partial charge in [-0.3, -0.25) is 14.4 Å². The molecule has 6 rings (SSSR count). The number of aliphatic hydroxyl groups is 1. The van der Waals surface area contributed by atoms with E-state index in [9.17, 15) is 50.6 Å². The van der Waals surface area contributed by atoms with Crippen molar-refractivity contribution in [3.05, 3.63) is 86.7 Å². The highest BCUT2D eigenvalue weighted by Crippen LogP contribution is 2.41. The number of benzene rings is 2. The summed E-state index contributed by atoms with van der Waals surface area (Å²) in [7, 11) is 0. The van der Waals surface area contributed by atoms with Gasteiger partial charge in [0, 0.05) is 28.6 Å². The molecule has 2 aliphatic rings. The SMILES string of the molecule is CCc1c2c(nc3ccc(OCc4ccc(NC(=O)CC[C@H](N)C(=O)O)cc4)cc13)-c1cc3c(c(=O)n1C2)COC(=O)[C@]3(O)CC.O=C(O)C(F)(F)F.O=C(O)C(F)(F)F. The van der Waals surface area contributed by atoms with E-state index in [0.29, 0.717) is 35.8 Å². The third-order valence-electron chi connectivity index (χ3n) is 9.26. The normalized spacial score (nSPS) is 15.7. The lowest BCUT2D eigenvalue weighted by Crippen LogP contribution is -2.44. The van der Waals surface area contributed by atoms with E-state index in [4.69, 9.17) is 45.1 Å². The van der Waals surface area contributed by atoms with E-state index < -0.39 is 47.9 Å². The van der Waals surface area contributed by atoms with Crippen molar-refractivity contribution in [1.82, 2.24) is 9.55 Å². The number of carbonyl (C=O) groups excluding carboxylic acids is 2. The van der Waals surface area contributed by atoms with E-state index in [-0.39, 0.29) is 55.1 Å². The largest absolute Gasteiger partial charge is 0.490 e. The zero-order valence-electron chi connectivity index (χ0n) is 31.4. The van der Waals surface area contributed by atoms with E-state index in [1.807, 2.05) is 37.3 Å². The van der Waals surface area contributed by atoms with Gasteiger partial charge < -0.3 is 45.5 Å². The number of alkyl halides is 6. The number of hydrogen-bond acceptors (Lipinski definition) is 11. The molecule has 60 heavy (non-hydrogen) atoms.